The van der Waals surface area contributed by atoms with Crippen molar-refractivity contribution in [3.05, 3.63) is 51.4 Å². The standard InChI is InChI=1S/C12H8F3IN2/c13-7-2-1-6(3-8(7)14)18-12-4-9(15)10(16)5-11(12)17/h1-5,18H,17H2. The first-order valence-electron chi connectivity index (χ1n) is 4.94. The highest BCUT2D eigenvalue weighted by atomic mass is 127. The lowest BCUT2D eigenvalue weighted by molar-refractivity contribution is 0.509. The van der Waals surface area contributed by atoms with E-state index in [0.717, 1.165) is 12.1 Å². The second kappa shape index (κ2) is 5.05. The molecule has 0 bridgehead atoms. The van der Waals surface area contributed by atoms with Gasteiger partial charge in [0.25, 0.3) is 0 Å². The maximum Gasteiger partial charge on any atom is 0.160 e. The van der Waals surface area contributed by atoms with Crippen LogP contribution in [-0.4, -0.2) is 0 Å². The molecule has 0 aliphatic heterocycles. The lowest BCUT2D eigenvalue weighted by atomic mass is 10.2. The van der Waals surface area contributed by atoms with E-state index in [1.807, 2.05) is 22.6 Å². The van der Waals surface area contributed by atoms with Gasteiger partial charge >= 0.3 is 0 Å². The smallest absolute Gasteiger partial charge is 0.160 e. The monoisotopic (exact) mass is 364 g/mol. The third-order valence-electron chi connectivity index (χ3n) is 2.29. The zero-order chi connectivity index (χ0) is 13.3. The van der Waals surface area contributed by atoms with Gasteiger partial charge in [0.05, 0.1) is 14.9 Å². The van der Waals surface area contributed by atoms with Crippen LogP contribution in [0.3, 0.4) is 0 Å². The van der Waals surface area contributed by atoms with Crippen molar-refractivity contribution in [1.29, 1.82) is 0 Å². The Hall–Kier alpha value is -1.44. The van der Waals surface area contributed by atoms with Gasteiger partial charge in [0.15, 0.2) is 11.6 Å². The third-order valence-corrected chi connectivity index (χ3v) is 3.12. The van der Waals surface area contributed by atoms with Gasteiger partial charge in [0.1, 0.15) is 5.82 Å². The van der Waals surface area contributed by atoms with Crippen LogP contribution in [0.2, 0.25) is 0 Å². The molecule has 0 heterocycles. The predicted octanol–water partition coefficient (Wildman–Crippen LogP) is 4.03. The number of nitrogens with one attached hydrogen (secondary N) is 1. The van der Waals surface area contributed by atoms with Crippen LogP contribution in [0, 0.1) is 21.0 Å². The van der Waals surface area contributed by atoms with Gasteiger partial charge in [-0.2, -0.15) is 0 Å². The van der Waals surface area contributed by atoms with Crippen molar-refractivity contribution in [3.8, 4) is 0 Å². The summed E-state index contributed by atoms with van der Waals surface area (Å²) in [6.07, 6.45) is 0. The van der Waals surface area contributed by atoms with E-state index < -0.39 is 17.5 Å². The molecule has 2 nitrogen and oxygen atoms in total. The first-order valence-corrected chi connectivity index (χ1v) is 6.02. The Bertz CT molecular complexity index is 602. The van der Waals surface area contributed by atoms with E-state index in [1.54, 1.807) is 0 Å². The van der Waals surface area contributed by atoms with Crippen LogP contribution in [0.5, 0.6) is 0 Å². The summed E-state index contributed by atoms with van der Waals surface area (Å²) in [5.74, 6) is -2.36. The van der Waals surface area contributed by atoms with Gasteiger partial charge in [-0.25, -0.2) is 13.2 Å². The molecule has 0 amide bonds. The van der Waals surface area contributed by atoms with E-state index in [-0.39, 0.29) is 0 Å². The van der Waals surface area contributed by atoms with Gasteiger partial charge in [-0.15, -0.1) is 0 Å². The summed E-state index contributed by atoms with van der Waals surface area (Å²) in [5.41, 5.74) is 6.63. The summed E-state index contributed by atoms with van der Waals surface area (Å²) >= 11 is 1.81. The van der Waals surface area contributed by atoms with Crippen LogP contribution in [0.1, 0.15) is 0 Å². The van der Waals surface area contributed by atoms with E-state index in [0.29, 0.717) is 20.6 Å². The minimum Gasteiger partial charge on any atom is -0.397 e. The Morgan fingerprint density at radius 1 is 0.944 bits per heavy atom. The topological polar surface area (TPSA) is 38.0 Å². The van der Waals surface area contributed by atoms with Crippen molar-refractivity contribution in [2.24, 2.45) is 0 Å². The molecule has 6 heteroatoms. The highest BCUT2D eigenvalue weighted by Gasteiger charge is 2.08. The minimum absolute atomic E-state index is 0.293. The fourth-order valence-electron chi connectivity index (χ4n) is 1.40. The summed E-state index contributed by atoms with van der Waals surface area (Å²) in [6.45, 7) is 0. The molecule has 2 aromatic rings. The average Bonchev–Trinajstić information content (AvgIpc) is 2.31. The number of benzene rings is 2. The minimum atomic E-state index is -0.982. The Labute approximate surface area is 115 Å². The number of rotatable bonds is 2. The van der Waals surface area contributed by atoms with Crippen molar-refractivity contribution in [1.82, 2.24) is 0 Å². The lowest BCUT2D eigenvalue weighted by Crippen LogP contribution is -1.99. The number of nitrogens with two attached hydrogens (primary N) is 1. The molecule has 0 aliphatic carbocycles. The third kappa shape index (κ3) is 2.69. The highest BCUT2D eigenvalue weighted by Crippen LogP contribution is 2.27. The predicted molar refractivity (Wildman–Crippen MR) is 73.2 cm³/mol. The average molecular weight is 364 g/mol. The van der Waals surface area contributed by atoms with E-state index in [1.165, 1.54) is 18.2 Å². The normalized spacial score (nSPS) is 10.4. The molecule has 0 aromatic heterocycles. The maximum absolute atomic E-state index is 13.4. The summed E-state index contributed by atoms with van der Waals surface area (Å²) in [6, 6.07) is 5.96. The fourth-order valence-corrected chi connectivity index (χ4v) is 1.89. The van der Waals surface area contributed by atoms with E-state index in [2.05, 4.69) is 5.32 Å². The molecule has 0 fully saturated rings. The van der Waals surface area contributed by atoms with Gasteiger partial charge in [-0.1, -0.05) is 0 Å². The van der Waals surface area contributed by atoms with Gasteiger partial charge in [-0.3, -0.25) is 0 Å². The molecule has 2 rings (SSSR count). The molecule has 0 saturated carbocycles. The van der Waals surface area contributed by atoms with E-state index in [4.69, 9.17) is 5.73 Å². The SMILES string of the molecule is Nc1cc(I)c(F)cc1Nc1ccc(F)c(F)c1. The molecule has 0 aliphatic rings. The molecule has 18 heavy (non-hydrogen) atoms. The molecular formula is C12H8F3IN2. The number of nitrogen functional groups attached to an aromatic ring is 1. The zero-order valence-electron chi connectivity index (χ0n) is 8.98. The summed E-state index contributed by atoms with van der Waals surface area (Å²) in [4.78, 5) is 0. The van der Waals surface area contributed by atoms with Crippen LogP contribution in [0.15, 0.2) is 30.3 Å². The van der Waals surface area contributed by atoms with Crippen molar-refractivity contribution in [3.63, 3.8) is 0 Å². The van der Waals surface area contributed by atoms with Crippen molar-refractivity contribution in [2.75, 3.05) is 11.1 Å². The second-order valence-electron chi connectivity index (χ2n) is 3.61. The number of hydrogen-bond acceptors (Lipinski definition) is 2. The molecule has 94 valence electrons. The Balaban J connectivity index is 2.34. The molecule has 0 saturated heterocycles. The van der Waals surface area contributed by atoms with Crippen molar-refractivity contribution < 1.29 is 13.2 Å². The van der Waals surface area contributed by atoms with Crippen LogP contribution in [0.25, 0.3) is 0 Å². The molecule has 3 N–H and O–H groups in total. The van der Waals surface area contributed by atoms with Crippen LogP contribution in [0.4, 0.5) is 30.2 Å². The first-order chi connectivity index (χ1) is 8.47. The largest absolute Gasteiger partial charge is 0.397 e. The molecule has 0 spiro atoms. The van der Waals surface area contributed by atoms with Gasteiger partial charge in [0.2, 0.25) is 0 Å². The summed E-state index contributed by atoms with van der Waals surface area (Å²) < 4.78 is 39.5. The molecule has 0 atom stereocenters. The van der Waals surface area contributed by atoms with E-state index in [9.17, 15) is 13.2 Å². The van der Waals surface area contributed by atoms with Crippen LogP contribution in [-0.2, 0) is 0 Å². The van der Waals surface area contributed by atoms with Crippen molar-refractivity contribution >= 4 is 39.7 Å². The quantitative estimate of drug-likeness (QED) is 0.624. The summed E-state index contributed by atoms with van der Waals surface area (Å²) in [5, 5.41) is 2.73. The van der Waals surface area contributed by atoms with Gasteiger partial charge in [-0.05, 0) is 40.8 Å². The Morgan fingerprint density at radius 2 is 1.67 bits per heavy atom. The number of halogens is 4. The fraction of sp³-hybridized carbons (Fsp3) is 0. The highest BCUT2D eigenvalue weighted by molar-refractivity contribution is 14.1. The Kier molecular flexibility index (Phi) is 3.65. The summed E-state index contributed by atoms with van der Waals surface area (Å²) in [7, 11) is 0. The van der Waals surface area contributed by atoms with Crippen LogP contribution >= 0.6 is 22.6 Å². The van der Waals surface area contributed by atoms with E-state index >= 15 is 0 Å². The number of hydrogen-bond donors (Lipinski definition) is 2. The first kappa shape index (κ1) is 13.0. The maximum atomic E-state index is 13.4. The number of anilines is 3. The molecular weight excluding hydrogens is 356 g/mol. The molecule has 0 unspecified atom stereocenters. The molecule has 0 radical (unpaired) electrons. The van der Waals surface area contributed by atoms with Gasteiger partial charge in [0, 0.05) is 17.8 Å². The van der Waals surface area contributed by atoms with Gasteiger partial charge < -0.3 is 11.1 Å². The Morgan fingerprint density at radius 3 is 2.33 bits per heavy atom. The second-order valence-corrected chi connectivity index (χ2v) is 4.77. The van der Waals surface area contributed by atoms with Crippen molar-refractivity contribution in [2.45, 2.75) is 0 Å². The zero-order valence-corrected chi connectivity index (χ0v) is 11.1. The lowest BCUT2D eigenvalue weighted by Gasteiger charge is -2.10. The van der Waals surface area contributed by atoms with Crippen LogP contribution < -0.4 is 11.1 Å². The molecule has 2 aromatic carbocycles.